The van der Waals surface area contributed by atoms with Crippen LogP contribution < -0.4 is 4.90 Å². The number of amides is 1. The third-order valence-corrected chi connectivity index (χ3v) is 4.28. The molecule has 0 aromatic heterocycles. The first-order chi connectivity index (χ1) is 9.31. The Labute approximate surface area is 117 Å². The minimum absolute atomic E-state index is 0.169. The third-order valence-electron chi connectivity index (χ3n) is 3.15. The average molecular weight is 269 g/mol. The fourth-order valence-electron chi connectivity index (χ4n) is 2.30. The summed E-state index contributed by atoms with van der Waals surface area (Å²) < 4.78 is 0. The van der Waals surface area contributed by atoms with Gasteiger partial charge in [-0.1, -0.05) is 43.0 Å². The first-order valence-electron chi connectivity index (χ1n) is 6.50. The SMILES string of the molecule is CCCC(=O)N1c2ccccc2Sc2ccccc21. The molecular weight excluding hydrogens is 254 g/mol. The zero-order valence-electron chi connectivity index (χ0n) is 10.8. The lowest BCUT2D eigenvalue weighted by molar-refractivity contribution is -0.118. The maximum absolute atomic E-state index is 12.4. The van der Waals surface area contributed by atoms with Crippen molar-refractivity contribution in [3.05, 3.63) is 48.5 Å². The topological polar surface area (TPSA) is 20.3 Å². The second-order valence-corrected chi connectivity index (χ2v) is 5.60. The molecule has 19 heavy (non-hydrogen) atoms. The van der Waals surface area contributed by atoms with E-state index in [0.717, 1.165) is 27.6 Å². The van der Waals surface area contributed by atoms with Crippen LogP contribution in [-0.4, -0.2) is 5.91 Å². The van der Waals surface area contributed by atoms with E-state index in [2.05, 4.69) is 12.1 Å². The summed E-state index contributed by atoms with van der Waals surface area (Å²) in [6.45, 7) is 2.04. The van der Waals surface area contributed by atoms with Crippen molar-refractivity contribution >= 4 is 29.0 Å². The van der Waals surface area contributed by atoms with Crippen LogP contribution in [0.5, 0.6) is 0 Å². The van der Waals surface area contributed by atoms with Gasteiger partial charge >= 0.3 is 0 Å². The summed E-state index contributed by atoms with van der Waals surface area (Å²) in [7, 11) is 0. The van der Waals surface area contributed by atoms with E-state index in [1.807, 2.05) is 48.2 Å². The van der Waals surface area contributed by atoms with Crippen molar-refractivity contribution in [1.82, 2.24) is 0 Å². The van der Waals surface area contributed by atoms with Gasteiger partial charge in [-0.2, -0.15) is 0 Å². The molecule has 2 aromatic rings. The highest BCUT2D eigenvalue weighted by Crippen LogP contribution is 2.48. The van der Waals surface area contributed by atoms with E-state index in [1.165, 1.54) is 0 Å². The third kappa shape index (κ3) is 2.15. The average Bonchev–Trinajstić information content (AvgIpc) is 2.44. The molecule has 0 bridgehead atoms. The Morgan fingerprint density at radius 3 is 2.05 bits per heavy atom. The van der Waals surface area contributed by atoms with E-state index in [9.17, 15) is 4.79 Å². The van der Waals surface area contributed by atoms with E-state index in [-0.39, 0.29) is 5.91 Å². The van der Waals surface area contributed by atoms with Crippen molar-refractivity contribution in [1.29, 1.82) is 0 Å². The van der Waals surface area contributed by atoms with Crippen molar-refractivity contribution in [2.24, 2.45) is 0 Å². The Hall–Kier alpha value is -1.74. The van der Waals surface area contributed by atoms with Crippen molar-refractivity contribution in [2.75, 3.05) is 4.90 Å². The van der Waals surface area contributed by atoms with Crippen LogP contribution in [0.2, 0.25) is 0 Å². The number of para-hydroxylation sites is 2. The number of fused-ring (bicyclic) bond motifs is 2. The van der Waals surface area contributed by atoms with Gasteiger partial charge in [-0.25, -0.2) is 0 Å². The molecule has 96 valence electrons. The molecule has 0 saturated heterocycles. The Kier molecular flexibility index (Phi) is 3.30. The van der Waals surface area contributed by atoms with Gasteiger partial charge in [0.25, 0.3) is 0 Å². The monoisotopic (exact) mass is 269 g/mol. The minimum Gasteiger partial charge on any atom is -0.279 e. The highest BCUT2D eigenvalue weighted by Gasteiger charge is 2.26. The van der Waals surface area contributed by atoms with Gasteiger partial charge in [0, 0.05) is 16.2 Å². The highest BCUT2D eigenvalue weighted by atomic mass is 32.2. The summed E-state index contributed by atoms with van der Waals surface area (Å²) in [5.41, 5.74) is 2.01. The molecule has 2 aromatic carbocycles. The van der Waals surface area contributed by atoms with Crippen molar-refractivity contribution in [3.8, 4) is 0 Å². The van der Waals surface area contributed by atoms with Gasteiger partial charge in [-0.3, -0.25) is 9.69 Å². The molecule has 0 radical (unpaired) electrons. The number of rotatable bonds is 2. The summed E-state index contributed by atoms with van der Waals surface area (Å²) in [4.78, 5) is 16.6. The van der Waals surface area contributed by atoms with Crippen LogP contribution >= 0.6 is 11.8 Å². The number of anilines is 2. The number of hydrogen-bond donors (Lipinski definition) is 0. The van der Waals surface area contributed by atoms with Crippen LogP contribution in [0.15, 0.2) is 58.3 Å². The van der Waals surface area contributed by atoms with Crippen molar-refractivity contribution < 1.29 is 4.79 Å². The van der Waals surface area contributed by atoms with Gasteiger partial charge in [-0.15, -0.1) is 0 Å². The van der Waals surface area contributed by atoms with Crippen LogP contribution in [0.4, 0.5) is 11.4 Å². The normalized spacial score (nSPS) is 12.8. The molecule has 3 heteroatoms. The predicted octanol–water partition coefficient (Wildman–Crippen LogP) is 4.62. The maximum Gasteiger partial charge on any atom is 0.231 e. The van der Waals surface area contributed by atoms with Gasteiger partial charge < -0.3 is 0 Å². The molecule has 1 aliphatic heterocycles. The second-order valence-electron chi connectivity index (χ2n) is 4.52. The lowest BCUT2D eigenvalue weighted by Crippen LogP contribution is -2.27. The summed E-state index contributed by atoms with van der Waals surface area (Å²) in [5.74, 6) is 0.169. The molecule has 0 spiro atoms. The summed E-state index contributed by atoms with van der Waals surface area (Å²) >= 11 is 1.73. The van der Waals surface area contributed by atoms with Crippen LogP contribution in [0.1, 0.15) is 19.8 Å². The fraction of sp³-hybridized carbons (Fsp3) is 0.188. The minimum atomic E-state index is 0.169. The van der Waals surface area contributed by atoms with E-state index < -0.39 is 0 Å². The summed E-state index contributed by atoms with van der Waals surface area (Å²) in [6, 6.07) is 16.2. The summed E-state index contributed by atoms with van der Waals surface area (Å²) in [5, 5.41) is 0. The zero-order chi connectivity index (χ0) is 13.2. The number of carbonyl (C=O) groups is 1. The molecule has 1 heterocycles. The van der Waals surface area contributed by atoms with Gasteiger partial charge in [0.15, 0.2) is 0 Å². The van der Waals surface area contributed by atoms with Crippen LogP contribution in [0.25, 0.3) is 0 Å². The quantitative estimate of drug-likeness (QED) is 0.793. The Morgan fingerprint density at radius 2 is 1.53 bits per heavy atom. The molecule has 0 atom stereocenters. The number of nitrogens with zero attached hydrogens (tertiary/aromatic N) is 1. The summed E-state index contributed by atoms with van der Waals surface area (Å²) in [6.07, 6.45) is 1.44. The largest absolute Gasteiger partial charge is 0.279 e. The highest BCUT2D eigenvalue weighted by molar-refractivity contribution is 7.99. The van der Waals surface area contributed by atoms with Gasteiger partial charge in [-0.05, 0) is 30.7 Å². The lowest BCUT2D eigenvalue weighted by Gasteiger charge is -2.31. The van der Waals surface area contributed by atoms with Gasteiger partial charge in [0.05, 0.1) is 11.4 Å². The molecule has 1 amide bonds. The number of carbonyl (C=O) groups excluding carboxylic acids is 1. The number of benzene rings is 2. The van der Waals surface area contributed by atoms with Gasteiger partial charge in [0.1, 0.15) is 0 Å². The first kappa shape index (κ1) is 12.3. The van der Waals surface area contributed by atoms with E-state index >= 15 is 0 Å². The van der Waals surface area contributed by atoms with E-state index in [0.29, 0.717) is 6.42 Å². The van der Waals surface area contributed by atoms with Crippen LogP contribution in [0.3, 0.4) is 0 Å². The molecule has 3 rings (SSSR count). The Morgan fingerprint density at radius 1 is 1.00 bits per heavy atom. The standard InChI is InChI=1S/C16H15NOS/c1-2-7-16(18)17-12-8-3-5-10-14(12)19-15-11-6-4-9-13(15)17/h3-6,8-11H,2,7H2,1H3. The number of hydrogen-bond acceptors (Lipinski definition) is 2. The van der Waals surface area contributed by atoms with Crippen LogP contribution in [0, 0.1) is 0 Å². The molecule has 0 fully saturated rings. The van der Waals surface area contributed by atoms with Crippen LogP contribution in [-0.2, 0) is 4.79 Å². The van der Waals surface area contributed by atoms with E-state index in [1.54, 1.807) is 11.8 Å². The molecule has 0 unspecified atom stereocenters. The molecule has 2 nitrogen and oxygen atoms in total. The predicted molar refractivity (Wildman–Crippen MR) is 79.1 cm³/mol. The molecule has 0 saturated carbocycles. The Bertz CT molecular complexity index is 578. The second kappa shape index (κ2) is 5.10. The zero-order valence-corrected chi connectivity index (χ0v) is 11.6. The van der Waals surface area contributed by atoms with Gasteiger partial charge in [0.2, 0.25) is 5.91 Å². The van der Waals surface area contributed by atoms with E-state index in [4.69, 9.17) is 0 Å². The Balaban J connectivity index is 2.14. The lowest BCUT2D eigenvalue weighted by atomic mass is 10.2. The van der Waals surface area contributed by atoms with Crippen molar-refractivity contribution in [3.63, 3.8) is 0 Å². The maximum atomic E-state index is 12.4. The van der Waals surface area contributed by atoms with Crippen molar-refractivity contribution in [2.45, 2.75) is 29.6 Å². The molecule has 0 aliphatic carbocycles. The smallest absolute Gasteiger partial charge is 0.231 e. The first-order valence-corrected chi connectivity index (χ1v) is 7.32. The molecular formula is C16H15NOS. The fourth-order valence-corrected chi connectivity index (χ4v) is 3.36. The molecule has 1 aliphatic rings. The molecule has 0 N–H and O–H groups in total.